The number of H-pyrrole nitrogens is 1. The lowest BCUT2D eigenvalue weighted by Crippen LogP contribution is -1.96. The first kappa shape index (κ1) is 8.38. The summed E-state index contributed by atoms with van der Waals surface area (Å²) in [4.78, 5) is 0. The van der Waals surface area contributed by atoms with Crippen LogP contribution in [0, 0.1) is 11.3 Å². The first-order valence-corrected chi connectivity index (χ1v) is 4.10. The fraction of sp³-hybridized carbons (Fsp3) is 0.111. The molecule has 2 aromatic heterocycles. The quantitative estimate of drug-likeness (QED) is 0.764. The molecule has 5 nitrogen and oxygen atoms in total. The third-order valence-corrected chi connectivity index (χ3v) is 1.74. The standard InChI is InChI=1S/C9H8N4O/c10-3-8-1-2-9(14-8)6-11-7-4-12-13-5-7/h1-2,4-5,11H,6H2,(H,12,13). The molecule has 0 aromatic carbocycles. The van der Waals surface area contributed by atoms with E-state index < -0.39 is 0 Å². The van der Waals surface area contributed by atoms with Crippen molar-refractivity contribution in [3.8, 4) is 6.07 Å². The number of nitrogens with zero attached hydrogens (tertiary/aromatic N) is 2. The predicted octanol–water partition coefficient (Wildman–Crippen LogP) is 1.49. The minimum absolute atomic E-state index is 0.328. The van der Waals surface area contributed by atoms with Gasteiger partial charge in [0.15, 0.2) is 0 Å². The van der Waals surface area contributed by atoms with Crippen LogP contribution in [-0.2, 0) is 6.54 Å². The minimum Gasteiger partial charge on any atom is -0.449 e. The summed E-state index contributed by atoms with van der Waals surface area (Å²) in [6, 6.07) is 5.34. The number of aromatic nitrogens is 2. The van der Waals surface area contributed by atoms with Crippen LogP contribution in [0.3, 0.4) is 0 Å². The van der Waals surface area contributed by atoms with Gasteiger partial charge >= 0.3 is 0 Å². The molecule has 0 amide bonds. The van der Waals surface area contributed by atoms with Gasteiger partial charge in [0.1, 0.15) is 11.8 Å². The van der Waals surface area contributed by atoms with Crippen molar-refractivity contribution in [2.75, 3.05) is 5.32 Å². The van der Waals surface area contributed by atoms with Gasteiger partial charge in [-0.15, -0.1) is 0 Å². The van der Waals surface area contributed by atoms with Crippen LogP contribution in [0.2, 0.25) is 0 Å². The van der Waals surface area contributed by atoms with Crippen molar-refractivity contribution < 1.29 is 4.42 Å². The van der Waals surface area contributed by atoms with Gasteiger partial charge in [0.05, 0.1) is 18.4 Å². The molecule has 2 rings (SSSR count). The van der Waals surface area contributed by atoms with Crippen molar-refractivity contribution in [1.29, 1.82) is 5.26 Å². The molecule has 0 aliphatic heterocycles. The van der Waals surface area contributed by atoms with Crippen LogP contribution in [0.15, 0.2) is 28.9 Å². The van der Waals surface area contributed by atoms with Gasteiger partial charge in [-0.3, -0.25) is 5.10 Å². The maximum atomic E-state index is 8.52. The van der Waals surface area contributed by atoms with Gasteiger partial charge in [0, 0.05) is 6.20 Å². The molecular formula is C9H8N4O. The Balaban J connectivity index is 1.96. The molecule has 0 radical (unpaired) electrons. The van der Waals surface area contributed by atoms with Crippen LogP contribution >= 0.6 is 0 Å². The third-order valence-electron chi connectivity index (χ3n) is 1.74. The van der Waals surface area contributed by atoms with Crippen LogP contribution in [0.1, 0.15) is 11.5 Å². The number of rotatable bonds is 3. The average molecular weight is 188 g/mol. The zero-order valence-corrected chi connectivity index (χ0v) is 7.32. The summed E-state index contributed by atoms with van der Waals surface area (Å²) in [6.45, 7) is 0.543. The van der Waals surface area contributed by atoms with E-state index in [-0.39, 0.29) is 0 Å². The normalized spacial score (nSPS) is 9.64. The summed E-state index contributed by atoms with van der Waals surface area (Å²) < 4.78 is 5.18. The van der Waals surface area contributed by atoms with E-state index in [4.69, 9.17) is 9.68 Å². The topological polar surface area (TPSA) is 77.6 Å². The van der Waals surface area contributed by atoms with Gasteiger partial charge in [0.2, 0.25) is 5.76 Å². The SMILES string of the molecule is N#Cc1ccc(CNc2cn[nH]c2)o1. The molecule has 14 heavy (non-hydrogen) atoms. The first-order chi connectivity index (χ1) is 6.88. The maximum Gasteiger partial charge on any atom is 0.203 e. The molecule has 0 saturated heterocycles. The van der Waals surface area contributed by atoms with Gasteiger partial charge < -0.3 is 9.73 Å². The lowest BCUT2D eigenvalue weighted by molar-refractivity contribution is 0.506. The Bertz CT molecular complexity index is 438. The Labute approximate surface area is 80.4 Å². The highest BCUT2D eigenvalue weighted by Gasteiger charge is 2.00. The summed E-state index contributed by atoms with van der Waals surface area (Å²) in [5.74, 6) is 1.05. The van der Waals surface area contributed by atoms with E-state index in [1.54, 1.807) is 24.5 Å². The van der Waals surface area contributed by atoms with Gasteiger partial charge in [-0.2, -0.15) is 10.4 Å². The van der Waals surface area contributed by atoms with Crippen molar-refractivity contribution in [3.63, 3.8) is 0 Å². The van der Waals surface area contributed by atoms with E-state index in [2.05, 4.69) is 15.5 Å². The number of anilines is 1. The highest BCUT2D eigenvalue weighted by atomic mass is 16.3. The zero-order chi connectivity index (χ0) is 9.80. The van der Waals surface area contributed by atoms with Crippen LogP contribution < -0.4 is 5.32 Å². The number of furan rings is 1. The molecule has 2 N–H and O–H groups in total. The second kappa shape index (κ2) is 3.66. The van der Waals surface area contributed by atoms with Gasteiger partial charge in [-0.1, -0.05) is 0 Å². The van der Waals surface area contributed by atoms with E-state index in [9.17, 15) is 0 Å². The zero-order valence-electron chi connectivity index (χ0n) is 7.32. The Morgan fingerprint density at radius 1 is 1.57 bits per heavy atom. The molecule has 0 bridgehead atoms. The number of nitriles is 1. The second-order valence-corrected chi connectivity index (χ2v) is 2.72. The van der Waals surface area contributed by atoms with E-state index in [0.717, 1.165) is 11.4 Å². The monoisotopic (exact) mass is 188 g/mol. The highest BCUT2D eigenvalue weighted by molar-refractivity contribution is 5.37. The molecule has 2 heterocycles. The lowest BCUT2D eigenvalue weighted by atomic mass is 10.4. The lowest BCUT2D eigenvalue weighted by Gasteiger charge is -1.98. The molecule has 0 atom stereocenters. The molecule has 0 aliphatic carbocycles. The fourth-order valence-electron chi connectivity index (χ4n) is 1.07. The van der Waals surface area contributed by atoms with E-state index in [1.165, 1.54) is 0 Å². The minimum atomic E-state index is 0.328. The maximum absolute atomic E-state index is 8.52. The summed E-state index contributed by atoms with van der Waals surface area (Å²) in [5, 5.41) is 18.1. The molecule has 0 saturated carbocycles. The largest absolute Gasteiger partial charge is 0.449 e. The summed E-state index contributed by atoms with van der Waals surface area (Å²) >= 11 is 0. The average Bonchev–Trinajstić information content (AvgIpc) is 2.86. The Hall–Kier alpha value is -2.22. The highest BCUT2D eigenvalue weighted by Crippen LogP contribution is 2.09. The van der Waals surface area contributed by atoms with Crippen molar-refractivity contribution in [1.82, 2.24) is 10.2 Å². The molecule has 5 heteroatoms. The Morgan fingerprint density at radius 3 is 3.14 bits per heavy atom. The molecule has 70 valence electrons. The summed E-state index contributed by atoms with van der Waals surface area (Å²) in [7, 11) is 0. The van der Waals surface area contributed by atoms with E-state index in [1.807, 2.05) is 6.07 Å². The van der Waals surface area contributed by atoms with Crippen molar-refractivity contribution in [2.45, 2.75) is 6.54 Å². The number of hydrogen-bond donors (Lipinski definition) is 2. The molecule has 2 aromatic rings. The van der Waals surface area contributed by atoms with Gasteiger partial charge in [-0.25, -0.2) is 0 Å². The molecule has 0 spiro atoms. The smallest absolute Gasteiger partial charge is 0.203 e. The Kier molecular flexibility index (Phi) is 2.19. The van der Waals surface area contributed by atoms with Crippen LogP contribution in [0.25, 0.3) is 0 Å². The van der Waals surface area contributed by atoms with Gasteiger partial charge in [-0.05, 0) is 12.1 Å². The van der Waals surface area contributed by atoms with Gasteiger partial charge in [0.25, 0.3) is 0 Å². The van der Waals surface area contributed by atoms with E-state index >= 15 is 0 Å². The summed E-state index contributed by atoms with van der Waals surface area (Å²) in [6.07, 6.45) is 3.42. The van der Waals surface area contributed by atoms with Crippen LogP contribution in [0.4, 0.5) is 5.69 Å². The molecule has 0 fully saturated rings. The number of aromatic amines is 1. The van der Waals surface area contributed by atoms with Crippen molar-refractivity contribution in [2.24, 2.45) is 0 Å². The summed E-state index contributed by atoms with van der Waals surface area (Å²) in [5.41, 5.74) is 0.889. The van der Waals surface area contributed by atoms with Crippen molar-refractivity contribution >= 4 is 5.69 Å². The predicted molar refractivity (Wildman–Crippen MR) is 49.3 cm³/mol. The van der Waals surface area contributed by atoms with E-state index in [0.29, 0.717) is 12.3 Å². The number of hydrogen-bond acceptors (Lipinski definition) is 4. The third kappa shape index (κ3) is 1.75. The van der Waals surface area contributed by atoms with Crippen molar-refractivity contribution in [3.05, 3.63) is 36.0 Å². The van der Waals surface area contributed by atoms with Crippen LogP contribution in [0.5, 0.6) is 0 Å². The number of nitrogens with one attached hydrogen (secondary N) is 2. The first-order valence-electron chi connectivity index (χ1n) is 4.10. The second-order valence-electron chi connectivity index (χ2n) is 2.72. The molecule has 0 aliphatic rings. The fourth-order valence-corrected chi connectivity index (χ4v) is 1.07. The molecule has 0 unspecified atom stereocenters. The Morgan fingerprint density at radius 2 is 2.50 bits per heavy atom. The van der Waals surface area contributed by atoms with Crippen LogP contribution in [-0.4, -0.2) is 10.2 Å². The molecular weight excluding hydrogens is 180 g/mol.